The highest BCUT2D eigenvalue weighted by atomic mass is 19.1. The summed E-state index contributed by atoms with van der Waals surface area (Å²) >= 11 is 0. The lowest BCUT2D eigenvalue weighted by molar-refractivity contribution is 0.104. The Morgan fingerprint density at radius 1 is 1.11 bits per heavy atom. The first-order valence-electron chi connectivity index (χ1n) is 5.57. The van der Waals surface area contributed by atoms with E-state index in [9.17, 15) is 14.3 Å². The van der Waals surface area contributed by atoms with Crippen LogP contribution in [-0.2, 0) is 0 Å². The second-order valence-corrected chi connectivity index (χ2v) is 3.92. The van der Waals surface area contributed by atoms with Crippen LogP contribution in [0.25, 0.3) is 6.08 Å². The van der Waals surface area contributed by atoms with Crippen LogP contribution in [0.15, 0.2) is 48.5 Å². The molecule has 2 N–H and O–H groups in total. The van der Waals surface area contributed by atoms with E-state index in [1.165, 1.54) is 36.4 Å². The molecule has 0 aromatic heterocycles. The number of hydrogen-bond donors (Lipinski definition) is 2. The topological polar surface area (TPSA) is 57.5 Å². The van der Waals surface area contributed by atoms with Gasteiger partial charge in [-0.05, 0) is 30.4 Å². The minimum atomic E-state index is -0.472. The number of phenols is 2. The third kappa shape index (κ3) is 2.98. The predicted octanol–water partition coefficient (Wildman–Crippen LogP) is 3.13. The van der Waals surface area contributed by atoms with Gasteiger partial charge in [0.15, 0.2) is 5.78 Å². The normalized spacial score (nSPS) is 10.8. The molecule has 0 fully saturated rings. The second kappa shape index (κ2) is 5.35. The van der Waals surface area contributed by atoms with E-state index < -0.39 is 11.6 Å². The molecule has 0 spiro atoms. The Hall–Kier alpha value is -2.62. The number of carbonyl (C=O) groups is 1. The van der Waals surface area contributed by atoms with E-state index in [1.807, 2.05) is 0 Å². The molecule has 0 aliphatic carbocycles. The monoisotopic (exact) mass is 258 g/mol. The first-order chi connectivity index (χ1) is 9.08. The molecule has 0 aliphatic rings. The number of halogens is 1. The highest BCUT2D eigenvalue weighted by Crippen LogP contribution is 2.23. The lowest BCUT2D eigenvalue weighted by Crippen LogP contribution is -1.94. The lowest BCUT2D eigenvalue weighted by atomic mass is 10.1. The maximum absolute atomic E-state index is 13.3. The van der Waals surface area contributed by atoms with Crippen LogP contribution in [-0.4, -0.2) is 16.0 Å². The smallest absolute Gasteiger partial charge is 0.189 e. The second-order valence-electron chi connectivity index (χ2n) is 3.92. The highest BCUT2D eigenvalue weighted by Gasteiger charge is 2.08. The summed E-state index contributed by atoms with van der Waals surface area (Å²) in [6, 6.07) is 9.72. The van der Waals surface area contributed by atoms with Crippen LogP contribution in [0.5, 0.6) is 11.5 Å². The molecule has 19 heavy (non-hydrogen) atoms. The van der Waals surface area contributed by atoms with Crippen molar-refractivity contribution in [3.63, 3.8) is 0 Å². The van der Waals surface area contributed by atoms with Crippen LogP contribution in [0.4, 0.5) is 4.39 Å². The Kier molecular flexibility index (Phi) is 3.61. The SMILES string of the molecule is O=C(/C=C/c1ccccc1F)c1ccc(O)cc1O. The minimum absolute atomic E-state index is 0.0467. The zero-order valence-corrected chi connectivity index (χ0v) is 9.88. The largest absolute Gasteiger partial charge is 0.508 e. The number of allylic oxidation sites excluding steroid dienone is 1. The fourth-order valence-electron chi connectivity index (χ4n) is 1.59. The number of phenolic OH excluding ortho intramolecular Hbond substituents is 2. The molecule has 0 saturated carbocycles. The van der Waals surface area contributed by atoms with Gasteiger partial charge in [0.2, 0.25) is 0 Å². The fraction of sp³-hybridized carbons (Fsp3) is 0. The van der Waals surface area contributed by atoms with E-state index in [1.54, 1.807) is 12.1 Å². The van der Waals surface area contributed by atoms with Crippen LogP contribution < -0.4 is 0 Å². The van der Waals surface area contributed by atoms with Gasteiger partial charge in [-0.2, -0.15) is 0 Å². The summed E-state index contributed by atoms with van der Waals surface area (Å²) in [4.78, 5) is 11.8. The van der Waals surface area contributed by atoms with Crippen molar-refractivity contribution in [2.45, 2.75) is 0 Å². The van der Waals surface area contributed by atoms with Gasteiger partial charge in [-0.15, -0.1) is 0 Å². The summed E-state index contributed by atoms with van der Waals surface area (Å²) < 4.78 is 13.3. The summed E-state index contributed by atoms with van der Waals surface area (Å²) in [5.41, 5.74) is 0.333. The number of benzene rings is 2. The molecule has 0 unspecified atom stereocenters. The van der Waals surface area contributed by atoms with Crippen LogP contribution in [0.3, 0.4) is 0 Å². The molecule has 0 radical (unpaired) electrons. The molecule has 0 aliphatic heterocycles. The molecular formula is C15H11FO3. The molecule has 4 heteroatoms. The molecule has 96 valence electrons. The summed E-state index contributed by atoms with van der Waals surface area (Å²) in [5.74, 6) is -1.35. The van der Waals surface area contributed by atoms with E-state index in [0.717, 1.165) is 6.07 Å². The summed E-state index contributed by atoms with van der Waals surface area (Å²) in [5, 5.41) is 18.6. The van der Waals surface area contributed by atoms with E-state index in [-0.39, 0.29) is 22.6 Å². The Morgan fingerprint density at radius 3 is 2.53 bits per heavy atom. The molecule has 2 aromatic rings. The zero-order chi connectivity index (χ0) is 13.8. The Morgan fingerprint density at radius 2 is 1.84 bits per heavy atom. The molecular weight excluding hydrogens is 247 g/mol. The summed E-state index contributed by atoms with van der Waals surface area (Å²) in [6.45, 7) is 0. The molecule has 0 atom stereocenters. The van der Waals surface area contributed by atoms with Crippen molar-refractivity contribution in [2.24, 2.45) is 0 Å². The maximum atomic E-state index is 13.3. The minimum Gasteiger partial charge on any atom is -0.508 e. The van der Waals surface area contributed by atoms with Gasteiger partial charge >= 0.3 is 0 Å². The van der Waals surface area contributed by atoms with Gasteiger partial charge in [-0.25, -0.2) is 4.39 Å². The van der Waals surface area contributed by atoms with Gasteiger partial charge in [0, 0.05) is 11.6 Å². The van der Waals surface area contributed by atoms with Gasteiger partial charge in [-0.1, -0.05) is 18.2 Å². The molecule has 2 aromatic carbocycles. The number of hydrogen-bond acceptors (Lipinski definition) is 3. The quantitative estimate of drug-likeness (QED) is 0.657. The van der Waals surface area contributed by atoms with E-state index in [0.29, 0.717) is 0 Å². The molecule has 3 nitrogen and oxygen atoms in total. The number of aromatic hydroxyl groups is 2. The van der Waals surface area contributed by atoms with E-state index in [4.69, 9.17) is 5.11 Å². The lowest BCUT2D eigenvalue weighted by Gasteiger charge is -2.01. The third-order valence-electron chi connectivity index (χ3n) is 2.57. The van der Waals surface area contributed by atoms with E-state index >= 15 is 0 Å². The average Bonchev–Trinajstić information content (AvgIpc) is 2.37. The van der Waals surface area contributed by atoms with Crippen molar-refractivity contribution in [1.29, 1.82) is 0 Å². The van der Waals surface area contributed by atoms with Crippen molar-refractivity contribution in [1.82, 2.24) is 0 Å². The molecule has 0 bridgehead atoms. The fourth-order valence-corrected chi connectivity index (χ4v) is 1.59. The molecule has 0 heterocycles. The van der Waals surface area contributed by atoms with Gasteiger partial charge in [0.1, 0.15) is 17.3 Å². The van der Waals surface area contributed by atoms with Crippen molar-refractivity contribution in [3.05, 3.63) is 65.5 Å². The third-order valence-corrected chi connectivity index (χ3v) is 2.57. The van der Waals surface area contributed by atoms with Gasteiger partial charge in [-0.3, -0.25) is 4.79 Å². The van der Waals surface area contributed by atoms with E-state index in [2.05, 4.69) is 0 Å². The Labute approximate surface area is 109 Å². The van der Waals surface area contributed by atoms with Gasteiger partial charge in [0.05, 0.1) is 5.56 Å². The summed E-state index contributed by atoms with van der Waals surface area (Å²) in [7, 11) is 0. The van der Waals surface area contributed by atoms with Crippen molar-refractivity contribution < 1.29 is 19.4 Å². The first-order valence-corrected chi connectivity index (χ1v) is 5.57. The Balaban J connectivity index is 2.24. The predicted molar refractivity (Wildman–Crippen MR) is 69.5 cm³/mol. The van der Waals surface area contributed by atoms with Crippen LogP contribution in [0, 0.1) is 5.82 Å². The number of carbonyl (C=O) groups excluding carboxylic acids is 1. The average molecular weight is 258 g/mol. The van der Waals surface area contributed by atoms with Crippen LogP contribution in [0.2, 0.25) is 0 Å². The van der Waals surface area contributed by atoms with Crippen molar-refractivity contribution >= 4 is 11.9 Å². The molecule has 0 amide bonds. The molecule has 2 rings (SSSR count). The van der Waals surface area contributed by atoms with Crippen LogP contribution >= 0.6 is 0 Å². The summed E-state index contributed by atoms with van der Waals surface area (Å²) in [6.07, 6.45) is 2.51. The maximum Gasteiger partial charge on any atom is 0.189 e. The van der Waals surface area contributed by atoms with Gasteiger partial charge in [0.25, 0.3) is 0 Å². The Bertz CT molecular complexity index is 648. The zero-order valence-electron chi connectivity index (χ0n) is 9.88. The molecule has 0 saturated heterocycles. The van der Waals surface area contributed by atoms with Crippen LogP contribution in [0.1, 0.15) is 15.9 Å². The highest BCUT2D eigenvalue weighted by molar-refractivity contribution is 6.08. The number of ketones is 1. The number of rotatable bonds is 3. The standard InChI is InChI=1S/C15H11FO3/c16-13-4-2-1-3-10(13)5-8-14(18)12-7-6-11(17)9-15(12)19/h1-9,17,19H/b8-5+. The van der Waals surface area contributed by atoms with Crippen molar-refractivity contribution in [2.75, 3.05) is 0 Å². The van der Waals surface area contributed by atoms with Gasteiger partial charge < -0.3 is 10.2 Å². The first kappa shape index (κ1) is 12.8. The van der Waals surface area contributed by atoms with Crippen molar-refractivity contribution in [3.8, 4) is 11.5 Å².